The number of anilines is 1. The van der Waals surface area contributed by atoms with Crippen LogP contribution in [0, 0.1) is 5.41 Å². The van der Waals surface area contributed by atoms with E-state index in [0.717, 1.165) is 24.4 Å². The quantitative estimate of drug-likeness (QED) is 0.773. The van der Waals surface area contributed by atoms with Crippen molar-refractivity contribution in [2.24, 2.45) is 5.41 Å². The Bertz CT molecular complexity index is 625. The number of carbonyl (C=O) groups excluding carboxylic acids is 2. The molecule has 1 aromatic rings. The number of esters is 1. The zero-order chi connectivity index (χ0) is 18.7. The fourth-order valence-corrected chi connectivity index (χ4v) is 4.05. The average molecular weight is 369 g/mol. The van der Waals surface area contributed by atoms with E-state index in [1.807, 2.05) is 20.8 Å². The summed E-state index contributed by atoms with van der Waals surface area (Å²) in [6.45, 7) is 7.82. The summed E-state index contributed by atoms with van der Waals surface area (Å²) >= 11 is 1.15. The predicted octanol–water partition coefficient (Wildman–Crippen LogP) is 2.18. The van der Waals surface area contributed by atoms with Crippen LogP contribution in [0.2, 0.25) is 0 Å². The summed E-state index contributed by atoms with van der Waals surface area (Å²) in [6, 6.07) is 0. The minimum atomic E-state index is -0.570. The van der Waals surface area contributed by atoms with E-state index < -0.39 is 11.4 Å². The highest BCUT2D eigenvalue weighted by atomic mass is 32.1. The van der Waals surface area contributed by atoms with E-state index in [2.05, 4.69) is 15.6 Å². The number of piperidine rings is 1. The molecule has 0 radical (unpaired) electrons. The summed E-state index contributed by atoms with van der Waals surface area (Å²) in [5.41, 5.74) is -0.271. The fourth-order valence-electron chi connectivity index (χ4n) is 2.96. The first-order valence-electron chi connectivity index (χ1n) is 8.34. The summed E-state index contributed by atoms with van der Waals surface area (Å²) in [5, 5.41) is 6.59. The first-order valence-corrected chi connectivity index (χ1v) is 9.16. The molecular weight excluding hydrogens is 342 g/mol. The highest BCUT2D eigenvalue weighted by Crippen LogP contribution is 2.35. The van der Waals surface area contributed by atoms with Gasteiger partial charge in [0.15, 0.2) is 5.13 Å². The van der Waals surface area contributed by atoms with Crippen LogP contribution in [0.15, 0.2) is 0 Å². The molecule has 1 fully saturated rings. The molecule has 0 saturated carbocycles. The minimum absolute atomic E-state index is 0.110. The summed E-state index contributed by atoms with van der Waals surface area (Å²) in [7, 11) is 2.95. The number of nitrogens with zero attached hydrogens (tertiary/aromatic N) is 1. The fraction of sp³-hybridized carbons (Fsp3) is 0.706. The highest BCUT2D eigenvalue weighted by molar-refractivity contribution is 7.17. The van der Waals surface area contributed by atoms with E-state index in [1.54, 1.807) is 7.11 Å². The predicted molar refractivity (Wildman–Crippen MR) is 97.2 cm³/mol. The largest absolute Gasteiger partial charge is 0.465 e. The molecule has 0 spiro atoms. The van der Waals surface area contributed by atoms with Gasteiger partial charge in [-0.15, -0.1) is 0 Å². The molecule has 2 heterocycles. The van der Waals surface area contributed by atoms with Gasteiger partial charge in [-0.25, -0.2) is 9.78 Å². The van der Waals surface area contributed by atoms with Crippen molar-refractivity contribution >= 4 is 28.3 Å². The number of aromatic nitrogens is 1. The molecular formula is C17H27N3O4S. The second kappa shape index (κ2) is 7.80. The lowest BCUT2D eigenvalue weighted by Crippen LogP contribution is -2.47. The van der Waals surface area contributed by atoms with Gasteiger partial charge in [0.1, 0.15) is 4.88 Å². The van der Waals surface area contributed by atoms with Gasteiger partial charge in [0, 0.05) is 12.5 Å². The Morgan fingerprint density at radius 2 is 1.92 bits per heavy atom. The van der Waals surface area contributed by atoms with Gasteiger partial charge in [-0.3, -0.25) is 4.79 Å². The number of hydrogen-bond acceptors (Lipinski definition) is 7. The van der Waals surface area contributed by atoms with Crippen molar-refractivity contribution < 1.29 is 19.1 Å². The molecule has 1 saturated heterocycles. The van der Waals surface area contributed by atoms with Gasteiger partial charge in [0.25, 0.3) is 0 Å². The molecule has 2 rings (SSSR count). The third kappa shape index (κ3) is 4.37. The first-order chi connectivity index (χ1) is 11.7. The van der Waals surface area contributed by atoms with Gasteiger partial charge in [-0.1, -0.05) is 32.1 Å². The van der Waals surface area contributed by atoms with E-state index >= 15 is 0 Å². The van der Waals surface area contributed by atoms with Crippen LogP contribution in [0.5, 0.6) is 0 Å². The molecule has 0 atom stereocenters. The molecule has 25 heavy (non-hydrogen) atoms. The number of hydrogen-bond donors (Lipinski definition) is 2. The van der Waals surface area contributed by atoms with Crippen molar-refractivity contribution in [2.45, 2.75) is 39.0 Å². The third-order valence-corrected chi connectivity index (χ3v) is 5.34. The Morgan fingerprint density at radius 3 is 2.44 bits per heavy atom. The topological polar surface area (TPSA) is 89.5 Å². The van der Waals surface area contributed by atoms with Crippen molar-refractivity contribution in [3.05, 3.63) is 10.6 Å². The molecule has 1 aliphatic rings. The van der Waals surface area contributed by atoms with Gasteiger partial charge in [-0.05, 0) is 25.9 Å². The lowest BCUT2D eigenvalue weighted by Gasteiger charge is -2.35. The standard InChI is InChI=1S/C17H27N3O4S/c1-16(2,3)12-11(13(21)24-5)25-15(19-12)20-14(22)17(10-23-4)6-8-18-9-7-17/h18H,6-10H2,1-5H3,(H,19,20,22). The van der Waals surface area contributed by atoms with Crippen molar-refractivity contribution in [2.75, 3.05) is 39.2 Å². The normalized spacial score (nSPS) is 17.2. The van der Waals surface area contributed by atoms with E-state index in [1.165, 1.54) is 7.11 Å². The molecule has 8 heteroatoms. The third-order valence-electron chi connectivity index (χ3n) is 4.39. The maximum absolute atomic E-state index is 12.9. The Morgan fingerprint density at radius 1 is 1.28 bits per heavy atom. The number of amides is 1. The molecule has 140 valence electrons. The number of rotatable bonds is 5. The second-order valence-electron chi connectivity index (χ2n) is 7.36. The summed E-state index contributed by atoms with van der Waals surface area (Å²) in [5.74, 6) is -0.544. The van der Waals surface area contributed by atoms with Crippen LogP contribution in [0.3, 0.4) is 0 Å². The number of nitrogens with one attached hydrogen (secondary N) is 2. The van der Waals surface area contributed by atoms with Crippen LogP contribution in [-0.4, -0.2) is 50.8 Å². The van der Waals surface area contributed by atoms with Gasteiger partial charge in [0.2, 0.25) is 5.91 Å². The van der Waals surface area contributed by atoms with Gasteiger partial charge in [0.05, 0.1) is 24.8 Å². The average Bonchev–Trinajstić information content (AvgIpc) is 2.99. The maximum Gasteiger partial charge on any atom is 0.350 e. The van der Waals surface area contributed by atoms with Crippen molar-refractivity contribution in [3.8, 4) is 0 Å². The number of thiazole rings is 1. The molecule has 1 aliphatic heterocycles. The van der Waals surface area contributed by atoms with Crippen LogP contribution in [0.25, 0.3) is 0 Å². The first kappa shape index (κ1) is 19.8. The monoisotopic (exact) mass is 369 g/mol. The lowest BCUT2D eigenvalue weighted by molar-refractivity contribution is -0.130. The molecule has 1 amide bonds. The second-order valence-corrected chi connectivity index (χ2v) is 8.35. The number of ether oxygens (including phenoxy) is 2. The Hall–Kier alpha value is -1.51. The molecule has 0 aliphatic carbocycles. The molecule has 0 aromatic carbocycles. The Labute approximate surface area is 152 Å². The number of carbonyl (C=O) groups is 2. The summed E-state index contributed by atoms with van der Waals surface area (Å²) in [6.07, 6.45) is 1.40. The molecule has 0 bridgehead atoms. The summed E-state index contributed by atoms with van der Waals surface area (Å²) < 4.78 is 10.2. The van der Waals surface area contributed by atoms with E-state index in [9.17, 15) is 9.59 Å². The summed E-state index contributed by atoms with van der Waals surface area (Å²) in [4.78, 5) is 29.9. The molecule has 2 N–H and O–H groups in total. The maximum atomic E-state index is 12.9. The lowest BCUT2D eigenvalue weighted by atomic mass is 9.79. The van der Waals surface area contributed by atoms with Crippen LogP contribution in [-0.2, 0) is 19.7 Å². The van der Waals surface area contributed by atoms with Crippen molar-refractivity contribution in [1.82, 2.24) is 10.3 Å². The van der Waals surface area contributed by atoms with Crippen LogP contribution in [0.1, 0.15) is 49.0 Å². The van der Waals surface area contributed by atoms with E-state index in [-0.39, 0.29) is 11.3 Å². The van der Waals surface area contributed by atoms with Gasteiger partial charge >= 0.3 is 5.97 Å². The molecule has 7 nitrogen and oxygen atoms in total. The zero-order valence-electron chi connectivity index (χ0n) is 15.5. The highest BCUT2D eigenvalue weighted by Gasteiger charge is 2.40. The smallest absolute Gasteiger partial charge is 0.350 e. The van der Waals surface area contributed by atoms with Crippen LogP contribution in [0.4, 0.5) is 5.13 Å². The zero-order valence-corrected chi connectivity index (χ0v) is 16.3. The van der Waals surface area contributed by atoms with Gasteiger partial charge < -0.3 is 20.1 Å². The van der Waals surface area contributed by atoms with Crippen molar-refractivity contribution in [3.63, 3.8) is 0 Å². The SMILES string of the molecule is COCC1(C(=O)Nc2nc(C(C)(C)C)c(C(=O)OC)s2)CCNCC1. The van der Waals surface area contributed by atoms with Gasteiger partial charge in [-0.2, -0.15) is 0 Å². The minimum Gasteiger partial charge on any atom is -0.465 e. The van der Waals surface area contributed by atoms with Crippen LogP contribution >= 0.6 is 11.3 Å². The Balaban J connectivity index is 2.28. The van der Waals surface area contributed by atoms with Crippen LogP contribution < -0.4 is 10.6 Å². The molecule has 1 aromatic heterocycles. The number of methoxy groups -OCH3 is 2. The van der Waals surface area contributed by atoms with E-state index in [0.29, 0.717) is 35.2 Å². The van der Waals surface area contributed by atoms with Crippen molar-refractivity contribution in [1.29, 1.82) is 0 Å². The van der Waals surface area contributed by atoms with E-state index in [4.69, 9.17) is 9.47 Å². The Kier molecular flexibility index (Phi) is 6.18. The molecule has 0 unspecified atom stereocenters.